The summed E-state index contributed by atoms with van der Waals surface area (Å²) in [5.74, 6) is 0.248. The van der Waals surface area contributed by atoms with E-state index in [1.807, 2.05) is 67.6 Å². The van der Waals surface area contributed by atoms with Gasteiger partial charge in [-0.3, -0.25) is 4.79 Å². The van der Waals surface area contributed by atoms with Crippen molar-refractivity contribution in [3.8, 4) is 0 Å². The zero-order valence-electron chi connectivity index (χ0n) is 15.6. The minimum Gasteiger partial charge on any atom is -0.340 e. The van der Waals surface area contributed by atoms with E-state index in [-0.39, 0.29) is 17.6 Å². The number of benzene rings is 2. The Bertz CT molecular complexity index is 846. The first kappa shape index (κ1) is 19.6. The third-order valence-electron chi connectivity index (χ3n) is 5.03. The lowest BCUT2D eigenvalue weighted by Crippen LogP contribution is -2.50. The number of carbonyl (C=O) groups is 1. The second-order valence-corrected chi connectivity index (χ2v) is 9.01. The molecule has 1 fully saturated rings. The number of rotatable bonds is 6. The van der Waals surface area contributed by atoms with Crippen molar-refractivity contribution < 1.29 is 13.2 Å². The molecule has 0 aromatic heterocycles. The second-order valence-electron chi connectivity index (χ2n) is 7.04. The van der Waals surface area contributed by atoms with E-state index in [1.165, 1.54) is 4.31 Å². The van der Waals surface area contributed by atoms with E-state index in [4.69, 9.17) is 0 Å². The number of piperazine rings is 1. The number of carbonyl (C=O) groups excluding carboxylic acids is 1. The first-order valence-corrected chi connectivity index (χ1v) is 10.9. The van der Waals surface area contributed by atoms with E-state index in [2.05, 4.69) is 0 Å². The van der Waals surface area contributed by atoms with Gasteiger partial charge >= 0.3 is 0 Å². The van der Waals surface area contributed by atoms with Crippen LogP contribution in [0.3, 0.4) is 0 Å². The quantitative estimate of drug-likeness (QED) is 0.767. The highest BCUT2D eigenvalue weighted by Crippen LogP contribution is 2.21. The maximum absolute atomic E-state index is 12.6. The molecule has 144 valence electrons. The molecule has 1 saturated heterocycles. The third kappa shape index (κ3) is 5.17. The monoisotopic (exact) mass is 386 g/mol. The SMILES string of the molecule is C[C@H](CC(=O)N1CCN(S(=O)(=O)Cc2ccccc2)CC1)c1ccccc1. The van der Waals surface area contributed by atoms with Gasteiger partial charge in [-0.05, 0) is 17.0 Å². The standard InChI is InChI=1S/C21H26N2O3S/c1-18(20-10-6-3-7-11-20)16-21(24)22-12-14-23(15-13-22)27(25,26)17-19-8-4-2-5-9-19/h2-11,18H,12-17H2,1H3/t18-/m1/s1. The van der Waals surface area contributed by atoms with Crippen molar-refractivity contribution in [1.29, 1.82) is 0 Å². The van der Waals surface area contributed by atoms with Gasteiger partial charge in [-0.2, -0.15) is 4.31 Å². The van der Waals surface area contributed by atoms with Gasteiger partial charge in [0.15, 0.2) is 0 Å². The van der Waals surface area contributed by atoms with Crippen molar-refractivity contribution in [2.75, 3.05) is 26.2 Å². The maximum Gasteiger partial charge on any atom is 0.223 e. The Kier molecular flexibility index (Phi) is 6.29. The zero-order chi connectivity index (χ0) is 19.3. The van der Waals surface area contributed by atoms with E-state index in [9.17, 15) is 13.2 Å². The molecular weight excluding hydrogens is 360 g/mol. The smallest absolute Gasteiger partial charge is 0.223 e. The Morgan fingerprint density at radius 1 is 0.926 bits per heavy atom. The molecule has 3 rings (SSSR count). The predicted molar refractivity (Wildman–Crippen MR) is 107 cm³/mol. The van der Waals surface area contributed by atoms with Crippen LogP contribution in [0.5, 0.6) is 0 Å². The van der Waals surface area contributed by atoms with Crippen molar-refractivity contribution >= 4 is 15.9 Å². The van der Waals surface area contributed by atoms with Crippen LogP contribution < -0.4 is 0 Å². The summed E-state index contributed by atoms with van der Waals surface area (Å²) in [6, 6.07) is 19.2. The number of sulfonamides is 1. The molecule has 0 bridgehead atoms. The zero-order valence-corrected chi connectivity index (χ0v) is 16.4. The fourth-order valence-electron chi connectivity index (χ4n) is 3.38. The lowest BCUT2D eigenvalue weighted by atomic mass is 9.97. The van der Waals surface area contributed by atoms with E-state index in [0.717, 1.165) is 11.1 Å². The molecule has 0 aliphatic carbocycles. The average Bonchev–Trinajstić information content (AvgIpc) is 2.69. The molecule has 0 spiro atoms. The van der Waals surface area contributed by atoms with Gasteiger partial charge in [0, 0.05) is 32.6 Å². The Morgan fingerprint density at radius 2 is 1.48 bits per heavy atom. The molecule has 27 heavy (non-hydrogen) atoms. The highest BCUT2D eigenvalue weighted by molar-refractivity contribution is 7.88. The number of amides is 1. The van der Waals surface area contributed by atoms with Gasteiger partial charge < -0.3 is 4.90 Å². The molecule has 1 atom stereocenters. The summed E-state index contributed by atoms with van der Waals surface area (Å²) < 4.78 is 26.7. The van der Waals surface area contributed by atoms with Gasteiger partial charge in [-0.1, -0.05) is 67.6 Å². The highest BCUT2D eigenvalue weighted by Gasteiger charge is 2.29. The van der Waals surface area contributed by atoms with E-state index < -0.39 is 10.0 Å². The van der Waals surface area contributed by atoms with Crippen LogP contribution in [0.4, 0.5) is 0 Å². The van der Waals surface area contributed by atoms with Crippen LogP contribution in [0.15, 0.2) is 60.7 Å². The predicted octanol–water partition coefficient (Wildman–Crippen LogP) is 2.85. The average molecular weight is 387 g/mol. The Morgan fingerprint density at radius 3 is 2.07 bits per heavy atom. The van der Waals surface area contributed by atoms with E-state index in [0.29, 0.717) is 32.6 Å². The summed E-state index contributed by atoms with van der Waals surface area (Å²) in [4.78, 5) is 14.4. The van der Waals surface area contributed by atoms with Crippen LogP contribution in [0.1, 0.15) is 30.4 Å². The minimum absolute atomic E-state index is 0.00677. The fraction of sp³-hybridized carbons (Fsp3) is 0.381. The molecule has 6 heteroatoms. The fourth-order valence-corrected chi connectivity index (χ4v) is 4.90. The molecular formula is C21H26N2O3S. The van der Waals surface area contributed by atoms with Crippen molar-refractivity contribution in [1.82, 2.24) is 9.21 Å². The molecule has 5 nitrogen and oxygen atoms in total. The molecule has 2 aromatic rings. The number of nitrogens with zero attached hydrogens (tertiary/aromatic N) is 2. The lowest BCUT2D eigenvalue weighted by Gasteiger charge is -2.34. The van der Waals surface area contributed by atoms with Gasteiger partial charge in [0.1, 0.15) is 0 Å². The van der Waals surface area contributed by atoms with Crippen LogP contribution in [-0.2, 0) is 20.6 Å². The van der Waals surface area contributed by atoms with Crippen LogP contribution >= 0.6 is 0 Å². The van der Waals surface area contributed by atoms with Crippen LogP contribution in [0.25, 0.3) is 0 Å². The van der Waals surface area contributed by atoms with Gasteiger partial charge in [0.05, 0.1) is 5.75 Å². The van der Waals surface area contributed by atoms with Crippen molar-refractivity contribution in [3.63, 3.8) is 0 Å². The summed E-state index contributed by atoms with van der Waals surface area (Å²) in [6.45, 7) is 3.68. The van der Waals surface area contributed by atoms with Crippen LogP contribution in [0.2, 0.25) is 0 Å². The molecule has 1 aliphatic rings. The summed E-state index contributed by atoms with van der Waals surface area (Å²) >= 11 is 0. The van der Waals surface area contributed by atoms with Gasteiger partial charge in [-0.25, -0.2) is 8.42 Å². The lowest BCUT2D eigenvalue weighted by molar-refractivity contribution is -0.132. The highest BCUT2D eigenvalue weighted by atomic mass is 32.2. The largest absolute Gasteiger partial charge is 0.340 e. The minimum atomic E-state index is -3.36. The Balaban J connectivity index is 1.53. The van der Waals surface area contributed by atoms with Crippen molar-refractivity contribution in [3.05, 3.63) is 71.8 Å². The third-order valence-corrected chi connectivity index (χ3v) is 6.88. The first-order chi connectivity index (χ1) is 13.0. The Hall–Kier alpha value is -2.18. The van der Waals surface area contributed by atoms with Crippen molar-refractivity contribution in [2.45, 2.75) is 25.0 Å². The topological polar surface area (TPSA) is 57.7 Å². The summed E-state index contributed by atoms with van der Waals surface area (Å²) in [6.07, 6.45) is 0.445. The summed E-state index contributed by atoms with van der Waals surface area (Å²) in [7, 11) is -3.36. The van der Waals surface area contributed by atoms with Gasteiger partial charge in [0.25, 0.3) is 0 Å². The Labute approximate surface area is 161 Å². The van der Waals surface area contributed by atoms with Gasteiger partial charge in [0.2, 0.25) is 15.9 Å². The van der Waals surface area contributed by atoms with Crippen LogP contribution in [-0.4, -0.2) is 49.7 Å². The van der Waals surface area contributed by atoms with Crippen molar-refractivity contribution in [2.24, 2.45) is 0 Å². The maximum atomic E-state index is 12.6. The molecule has 1 heterocycles. The molecule has 1 aliphatic heterocycles. The first-order valence-electron chi connectivity index (χ1n) is 9.30. The summed E-state index contributed by atoms with van der Waals surface area (Å²) in [5, 5.41) is 0. The molecule has 0 N–H and O–H groups in total. The summed E-state index contributed by atoms with van der Waals surface area (Å²) in [5.41, 5.74) is 1.93. The number of hydrogen-bond acceptors (Lipinski definition) is 3. The van der Waals surface area contributed by atoms with Gasteiger partial charge in [-0.15, -0.1) is 0 Å². The normalized spacial score (nSPS) is 16.9. The van der Waals surface area contributed by atoms with E-state index >= 15 is 0 Å². The van der Waals surface area contributed by atoms with E-state index in [1.54, 1.807) is 4.90 Å². The molecule has 0 radical (unpaired) electrons. The molecule has 2 aromatic carbocycles. The second kappa shape index (κ2) is 8.67. The molecule has 0 unspecified atom stereocenters. The molecule has 0 saturated carbocycles. The van der Waals surface area contributed by atoms with Crippen LogP contribution in [0, 0.1) is 0 Å². The molecule has 1 amide bonds. The number of hydrogen-bond donors (Lipinski definition) is 0.